The number of nitrogens with zero attached hydrogens (tertiary/aromatic N) is 1. The van der Waals surface area contributed by atoms with Gasteiger partial charge in [0.2, 0.25) is 0 Å². The number of likely N-dealkylation sites (tertiary alicyclic amines) is 1. The molecule has 0 radical (unpaired) electrons. The lowest BCUT2D eigenvalue weighted by Gasteiger charge is -2.44. The highest BCUT2D eigenvalue weighted by atomic mass is 35.5. The number of benzene rings is 1. The van der Waals surface area contributed by atoms with Crippen LogP contribution in [-0.2, 0) is 6.42 Å². The summed E-state index contributed by atoms with van der Waals surface area (Å²) in [4.78, 5) is 2.56. The highest BCUT2D eigenvalue weighted by molar-refractivity contribution is 6.30. The molecule has 0 amide bonds. The average Bonchev–Trinajstić information content (AvgIpc) is 3.00. The van der Waals surface area contributed by atoms with Crippen molar-refractivity contribution in [2.45, 2.75) is 51.1 Å². The molecule has 1 saturated heterocycles. The van der Waals surface area contributed by atoms with Gasteiger partial charge in [0, 0.05) is 16.6 Å². The first-order valence-corrected chi connectivity index (χ1v) is 8.25. The third-order valence-electron chi connectivity index (χ3n) is 5.08. The minimum atomic E-state index is -0.206. The molecule has 1 aromatic carbocycles. The molecule has 1 aromatic rings. The van der Waals surface area contributed by atoms with Crippen LogP contribution in [0.5, 0.6) is 0 Å². The summed E-state index contributed by atoms with van der Waals surface area (Å²) in [7, 11) is 1.97. The molecule has 21 heavy (non-hydrogen) atoms. The van der Waals surface area contributed by atoms with Crippen molar-refractivity contribution in [3.63, 3.8) is 0 Å². The van der Waals surface area contributed by atoms with Crippen molar-refractivity contribution in [3.8, 4) is 0 Å². The van der Waals surface area contributed by atoms with Crippen LogP contribution < -0.4 is 5.32 Å². The van der Waals surface area contributed by atoms with Gasteiger partial charge in [-0.25, -0.2) is 4.39 Å². The van der Waals surface area contributed by atoms with Gasteiger partial charge in [0.05, 0.1) is 0 Å². The molecule has 1 aliphatic heterocycles. The molecule has 1 fully saturated rings. The van der Waals surface area contributed by atoms with Gasteiger partial charge in [-0.1, -0.05) is 24.6 Å². The van der Waals surface area contributed by atoms with Crippen LogP contribution in [0.15, 0.2) is 18.2 Å². The summed E-state index contributed by atoms with van der Waals surface area (Å²) in [6.07, 6.45) is 4.26. The lowest BCUT2D eigenvalue weighted by atomic mass is 9.83. The van der Waals surface area contributed by atoms with Crippen molar-refractivity contribution in [1.29, 1.82) is 0 Å². The molecule has 0 spiro atoms. The fourth-order valence-electron chi connectivity index (χ4n) is 3.46. The topological polar surface area (TPSA) is 15.3 Å². The smallest absolute Gasteiger partial charge is 0.127 e. The molecule has 0 aromatic heterocycles. The zero-order chi connectivity index (χ0) is 15.5. The summed E-state index contributed by atoms with van der Waals surface area (Å²) in [5.41, 5.74) is 0.787. The van der Waals surface area contributed by atoms with Gasteiger partial charge < -0.3 is 5.32 Å². The second-order valence-corrected chi connectivity index (χ2v) is 6.62. The fraction of sp³-hybridized carbons (Fsp3) is 0.647. The minimum Gasteiger partial charge on any atom is -0.315 e. The van der Waals surface area contributed by atoms with Gasteiger partial charge in [-0.2, -0.15) is 0 Å². The predicted octanol–water partition coefficient (Wildman–Crippen LogP) is 3.87. The second-order valence-electron chi connectivity index (χ2n) is 6.19. The molecule has 118 valence electrons. The van der Waals surface area contributed by atoms with Crippen molar-refractivity contribution in [2.75, 3.05) is 20.1 Å². The van der Waals surface area contributed by atoms with Crippen LogP contribution in [-0.4, -0.2) is 36.6 Å². The average molecular weight is 313 g/mol. The Hall–Kier alpha value is -0.640. The third kappa shape index (κ3) is 3.58. The Labute approximate surface area is 132 Å². The van der Waals surface area contributed by atoms with Gasteiger partial charge in [0.1, 0.15) is 5.82 Å². The van der Waals surface area contributed by atoms with Crippen LogP contribution in [0.4, 0.5) is 4.39 Å². The quantitative estimate of drug-likeness (QED) is 0.857. The van der Waals surface area contributed by atoms with Crippen molar-refractivity contribution in [1.82, 2.24) is 10.2 Å². The monoisotopic (exact) mass is 312 g/mol. The number of rotatable bonds is 6. The molecular formula is C17H26ClFN2. The number of halogens is 2. The normalized spacial score (nSPS) is 20.4. The standard InChI is InChI=1S/C17H26ClFN2/c1-4-17(2,21-9-5-6-10-21)16(20-3)11-13-7-8-14(18)12-15(13)19/h7-8,12,16,20H,4-6,9-11H2,1-3H3. The number of likely N-dealkylation sites (N-methyl/N-ethyl adjacent to an activating group) is 1. The molecular weight excluding hydrogens is 287 g/mol. The first kappa shape index (κ1) is 16.7. The summed E-state index contributed by atoms with van der Waals surface area (Å²) in [5, 5.41) is 3.87. The van der Waals surface area contributed by atoms with Crippen LogP contribution in [0, 0.1) is 5.82 Å². The molecule has 4 heteroatoms. The van der Waals surface area contributed by atoms with Crippen LogP contribution in [0.2, 0.25) is 5.02 Å². The van der Waals surface area contributed by atoms with Crippen LogP contribution in [0.3, 0.4) is 0 Å². The summed E-state index contributed by atoms with van der Waals surface area (Å²) >= 11 is 5.84. The van der Waals surface area contributed by atoms with Crippen molar-refractivity contribution in [2.24, 2.45) is 0 Å². The zero-order valence-corrected chi connectivity index (χ0v) is 14.0. The van der Waals surface area contributed by atoms with E-state index in [0.29, 0.717) is 11.4 Å². The van der Waals surface area contributed by atoms with Crippen molar-refractivity contribution >= 4 is 11.6 Å². The molecule has 0 bridgehead atoms. The third-order valence-corrected chi connectivity index (χ3v) is 5.32. The van der Waals surface area contributed by atoms with Gasteiger partial charge in [0.15, 0.2) is 0 Å². The van der Waals surface area contributed by atoms with Crippen LogP contribution in [0.1, 0.15) is 38.7 Å². The van der Waals surface area contributed by atoms with Gasteiger partial charge in [-0.05, 0) is 70.4 Å². The summed E-state index contributed by atoms with van der Waals surface area (Å²) in [6, 6.07) is 5.20. The lowest BCUT2D eigenvalue weighted by Crippen LogP contribution is -2.58. The van der Waals surface area contributed by atoms with E-state index >= 15 is 0 Å². The Balaban J connectivity index is 2.20. The van der Waals surface area contributed by atoms with E-state index in [9.17, 15) is 4.39 Å². The fourth-order valence-corrected chi connectivity index (χ4v) is 3.62. The van der Waals surface area contributed by atoms with E-state index in [2.05, 4.69) is 24.1 Å². The summed E-state index contributed by atoms with van der Waals surface area (Å²) < 4.78 is 14.1. The molecule has 0 aliphatic carbocycles. The summed E-state index contributed by atoms with van der Waals surface area (Å²) in [5.74, 6) is -0.206. The Kier molecular flexibility index (Phi) is 5.64. The Morgan fingerprint density at radius 1 is 1.38 bits per heavy atom. The Bertz CT molecular complexity index is 474. The first-order valence-electron chi connectivity index (χ1n) is 7.87. The maximum atomic E-state index is 14.1. The molecule has 1 aliphatic rings. The van der Waals surface area contributed by atoms with Crippen LogP contribution in [0.25, 0.3) is 0 Å². The maximum Gasteiger partial charge on any atom is 0.127 e. The van der Waals surface area contributed by atoms with E-state index in [1.54, 1.807) is 6.07 Å². The highest BCUT2D eigenvalue weighted by Gasteiger charge is 2.38. The maximum absolute atomic E-state index is 14.1. The predicted molar refractivity (Wildman–Crippen MR) is 87.5 cm³/mol. The molecule has 2 nitrogen and oxygen atoms in total. The van der Waals surface area contributed by atoms with Gasteiger partial charge >= 0.3 is 0 Å². The number of hydrogen-bond donors (Lipinski definition) is 1. The van der Waals surface area contributed by atoms with E-state index in [-0.39, 0.29) is 17.4 Å². The van der Waals surface area contributed by atoms with Gasteiger partial charge in [-0.15, -0.1) is 0 Å². The molecule has 1 N–H and O–H groups in total. The summed E-state index contributed by atoms with van der Waals surface area (Å²) in [6.45, 7) is 6.81. The van der Waals surface area contributed by atoms with E-state index in [4.69, 9.17) is 11.6 Å². The van der Waals surface area contributed by atoms with Gasteiger partial charge in [0.25, 0.3) is 0 Å². The molecule has 2 atom stereocenters. The molecule has 1 heterocycles. The van der Waals surface area contributed by atoms with Crippen molar-refractivity contribution < 1.29 is 4.39 Å². The van der Waals surface area contributed by atoms with E-state index in [0.717, 1.165) is 25.1 Å². The molecule has 2 rings (SSSR count). The van der Waals surface area contributed by atoms with Crippen molar-refractivity contribution in [3.05, 3.63) is 34.6 Å². The second kappa shape index (κ2) is 7.08. The van der Waals surface area contributed by atoms with Gasteiger partial charge in [-0.3, -0.25) is 4.90 Å². The van der Waals surface area contributed by atoms with E-state index < -0.39 is 0 Å². The first-order chi connectivity index (χ1) is 10.0. The van der Waals surface area contributed by atoms with Crippen LogP contribution >= 0.6 is 11.6 Å². The zero-order valence-electron chi connectivity index (χ0n) is 13.3. The Morgan fingerprint density at radius 2 is 2.05 bits per heavy atom. The molecule has 0 saturated carbocycles. The number of nitrogens with one attached hydrogen (secondary N) is 1. The minimum absolute atomic E-state index is 0.0529. The SMILES string of the molecule is CCC(C)(C(Cc1ccc(Cl)cc1F)NC)N1CCCC1. The highest BCUT2D eigenvalue weighted by Crippen LogP contribution is 2.30. The van der Waals surface area contributed by atoms with E-state index in [1.807, 2.05) is 13.1 Å². The van der Waals surface area contributed by atoms with E-state index in [1.165, 1.54) is 18.9 Å². The Morgan fingerprint density at radius 3 is 2.57 bits per heavy atom. The largest absolute Gasteiger partial charge is 0.315 e. The lowest BCUT2D eigenvalue weighted by molar-refractivity contribution is 0.0870. The number of hydrogen-bond acceptors (Lipinski definition) is 2. The molecule has 2 unspecified atom stereocenters.